The third kappa shape index (κ3) is 2.61. The van der Waals surface area contributed by atoms with Crippen LogP contribution >= 0.6 is 15.9 Å². The van der Waals surface area contributed by atoms with Crippen LogP contribution in [0.2, 0.25) is 0 Å². The predicted molar refractivity (Wildman–Crippen MR) is 87.6 cm³/mol. The summed E-state index contributed by atoms with van der Waals surface area (Å²) in [6.07, 6.45) is 0. The number of nitrogens with one attached hydrogen (secondary N) is 2. The average Bonchev–Trinajstić information content (AvgIpc) is 2.85. The number of fused-ring (bicyclic) bond motifs is 1. The number of benzene rings is 1. The number of aryl methyl sites for hydroxylation is 1. The van der Waals surface area contributed by atoms with E-state index in [0.717, 1.165) is 11.3 Å². The first kappa shape index (κ1) is 15.0. The number of anilines is 3. The highest BCUT2D eigenvalue weighted by Gasteiger charge is 2.27. The monoisotopic (exact) mass is 366 g/mol. The van der Waals surface area contributed by atoms with Crippen molar-refractivity contribution in [2.24, 2.45) is 0 Å². The molecule has 22 heavy (non-hydrogen) atoms. The second kappa shape index (κ2) is 5.72. The fourth-order valence-corrected chi connectivity index (χ4v) is 2.96. The molecule has 2 N–H and O–H groups in total. The molecule has 1 aliphatic rings. The van der Waals surface area contributed by atoms with E-state index in [-0.39, 0.29) is 5.92 Å². The molecule has 1 atom stereocenters. The minimum absolute atomic E-state index is 0.221. The predicted octanol–water partition coefficient (Wildman–Crippen LogP) is 3.97. The third-order valence-electron chi connectivity index (χ3n) is 3.56. The molecule has 0 fully saturated rings. The van der Waals surface area contributed by atoms with E-state index in [2.05, 4.69) is 36.5 Å². The van der Waals surface area contributed by atoms with Gasteiger partial charge in [0, 0.05) is 30.3 Å². The van der Waals surface area contributed by atoms with Crippen molar-refractivity contribution in [2.75, 3.05) is 24.3 Å². The molecule has 0 saturated heterocycles. The Labute approximate surface area is 136 Å². The molecular weight excluding hydrogens is 351 g/mol. The Hall–Kier alpha value is -1.89. The number of aromatic nitrogens is 2. The van der Waals surface area contributed by atoms with Crippen molar-refractivity contribution in [1.29, 1.82) is 0 Å². The molecule has 2 aromatic rings. The number of hydrogen-bond donors (Lipinski definition) is 2. The molecule has 5 nitrogen and oxygen atoms in total. The zero-order valence-electron chi connectivity index (χ0n) is 12.5. The molecule has 116 valence electrons. The third-order valence-corrected chi connectivity index (χ3v) is 4.26. The number of hydrogen-bond acceptors (Lipinski definition) is 5. The van der Waals surface area contributed by atoms with Crippen LogP contribution in [0.25, 0.3) is 0 Å². The SMILES string of the molecule is CNc1cc(C)nc(Nc2cc3c(c(Br)c2F)OCC3C)n1. The lowest BCUT2D eigenvalue weighted by molar-refractivity contribution is 0.334. The molecule has 1 aromatic carbocycles. The molecule has 0 amide bonds. The van der Waals surface area contributed by atoms with Crippen molar-refractivity contribution in [2.45, 2.75) is 19.8 Å². The summed E-state index contributed by atoms with van der Waals surface area (Å²) in [6.45, 7) is 4.46. The Morgan fingerprint density at radius 1 is 1.36 bits per heavy atom. The Morgan fingerprint density at radius 3 is 2.86 bits per heavy atom. The molecule has 0 spiro atoms. The molecule has 0 radical (unpaired) electrons. The van der Waals surface area contributed by atoms with Crippen LogP contribution in [0.5, 0.6) is 5.75 Å². The van der Waals surface area contributed by atoms with Crippen molar-refractivity contribution in [3.05, 3.63) is 33.7 Å². The standard InChI is InChI=1S/C15H16BrFN4O/c1-7-6-22-14-9(7)5-10(13(17)12(14)16)20-15-19-8(2)4-11(18-3)21-15/h4-5,7H,6H2,1-3H3,(H2,18,19,20,21). The average molecular weight is 367 g/mol. The lowest BCUT2D eigenvalue weighted by Crippen LogP contribution is -2.04. The summed E-state index contributed by atoms with van der Waals surface area (Å²) in [5, 5.41) is 5.91. The summed E-state index contributed by atoms with van der Waals surface area (Å²) in [5.41, 5.74) is 2.09. The van der Waals surface area contributed by atoms with E-state index in [1.807, 2.05) is 19.9 Å². The van der Waals surface area contributed by atoms with E-state index < -0.39 is 5.82 Å². The number of nitrogens with zero attached hydrogens (tertiary/aromatic N) is 2. The van der Waals surface area contributed by atoms with E-state index in [0.29, 0.717) is 34.3 Å². The highest BCUT2D eigenvalue weighted by molar-refractivity contribution is 9.10. The quantitative estimate of drug-likeness (QED) is 0.860. The van der Waals surface area contributed by atoms with Crippen molar-refractivity contribution < 1.29 is 9.13 Å². The van der Waals surface area contributed by atoms with Gasteiger partial charge in [-0.2, -0.15) is 4.98 Å². The van der Waals surface area contributed by atoms with Crippen LogP contribution in [0, 0.1) is 12.7 Å². The molecule has 1 aromatic heterocycles. The van der Waals surface area contributed by atoms with Gasteiger partial charge in [0.05, 0.1) is 16.8 Å². The van der Waals surface area contributed by atoms with E-state index >= 15 is 0 Å². The van der Waals surface area contributed by atoms with Gasteiger partial charge in [0.15, 0.2) is 5.82 Å². The molecule has 0 saturated carbocycles. The van der Waals surface area contributed by atoms with Crippen LogP contribution < -0.4 is 15.4 Å². The summed E-state index contributed by atoms with van der Waals surface area (Å²) < 4.78 is 20.4. The maximum absolute atomic E-state index is 14.5. The largest absolute Gasteiger partial charge is 0.491 e. The summed E-state index contributed by atoms with van der Waals surface area (Å²) in [6, 6.07) is 3.58. The Balaban J connectivity index is 2.01. The van der Waals surface area contributed by atoms with Crippen LogP contribution in [-0.2, 0) is 0 Å². The molecule has 1 aliphatic heterocycles. The number of rotatable bonds is 3. The van der Waals surface area contributed by atoms with Crippen molar-refractivity contribution in [1.82, 2.24) is 9.97 Å². The van der Waals surface area contributed by atoms with E-state index in [4.69, 9.17) is 4.74 Å². The van der Waals surface area contributed by atoms with Gasteiger partial charge in [0.2, 0.25) is 5.95 Å². The van der Waals surface area contributed by atoms with Crippen molar-refractivity contribution in [3.8, 4) is 5.75 Å². The van der Waals surface area contributed by atoms with Crippen molar-refractivity contribution >= 4 is 33.4 Å². The lowest BCUT2D eigenvalue weighted by Gasteiger charge is -2.12. The second-order valence-corrected chi connectivity index (χ2v) is 6.07. The van der Waals surface area contributed by atoms with Gasteiger partial charge in [-0.3, -0.25) is 0 Å². The Bertz CT molecular complexity index is 738. The maximum Gasteiger partial charge on any atom is 0.229 e. The van der Waals surface area contributed by atoms with E-state index in [9.17, 15) is 4.39 Å². The first-order valence-corrected chi connectivity index (χ1v) is 7.74. The van der Waals surface area contributed by atoms with E-state index in [1.165, 1.54) is 0 Å². The highest BCUT2D eigenvalue weighted by atomic mass is 79.9. The highest BCUT2D eigenvalue weighted by Crippen LogP contribution is 2.44. The smallest absolute Gasteiger partial charge is 0.229 e. The van der Waals surface area contributed by atoms with Crippen LogP contribution in [0.15, 0.2) is 16.6 Å². The fraction of sp³-hybridized carbons (Fsp3) is 0.333. The summed E-state index contributed by atoms with van der Waals surface area (Å²) >= 11 is 3.27. The van der Waals surface area contributed by atoms with Gasteiger partial charge in [-0.1, -0.05) is 6.92 Å². The normalized spacial score (nSPS) is 16.1. The first-order chi connectivity index (χ1) is 10.5. The maximum atomic E-state index is 14.5. The van der Waals surface area contributed by atoms with Gasteiger partial charge in [-0.05, 0) is 28.9 Å². The van der Waals surface area contributed by atoms with Crippen LogP contribution in [0.1, 0.15) is 24.1 Å². The minimum Gasteiger partial charge on any atom is -0.491 e. The van der Waals surface area contributed by atoms with Crippen molar-refractivity contribution in [3.63, 3.8) is 0 Å². The molecule has 7 heteroatoms. The Kier molecular flexibility index (Phi) is 3.90. The molecule has 2 heterocycles. The Morgan fingerprint density at radius 2 is 2.14 bits per heavy atom. The van der Waals surface area contributed by atoms with E-state index in [1.54, 1.807) is 13.1 Å². The van der Waals surface area contributed by atoms with Gasteiger partial charge in [0.25, 0.3) is 0 Å². The number of halogens is 2. The summed E-state index contributed by atoms with van der Waals surface area (Å²) in [7, 11) is 1.77. The fourth-order valence-electron chi connectivity index (χ4n) is 2.40. The van der Waals surface area contributed by atoms with Crippen LogP contribution in [0.3, 0.4) is 0 Å². The van der Waals surface area contributed by atoms with Crippen LogP contribution in [-0.4, -0.2) is 23.6 Å². The minimum atomic E-state index is -0.413. The number of ether oxygens (including phenoxy) is 1. The first-order valence-electron chi connectivity index (χ1n) is 6.94. The molecule has 0 bridgehead atoms. The van der Waals surface area contributed by atoms with Gasteiger partial charge in [0.1, 0.15) is 11.6 Å². The van der Waals surface area contributed by atoms with Crippen LogP contribution in [0.4, 0.5) is 21.8 Å². The zero-order chi connectivity index (χ0) is 15.9. The summed E-state index contributed by atoms with van der Waals surface area (Å²) in [5.74, 6) is 1.41. The lowest BCUT2D eigenvalue weighted by atomic mass is 10.0. The summed E-state index contributed by atoms with van der Waals surface area (Å²) in [4.78, 5) is 8.57. The molecule has 0 aliphatic carbocycles. The second-order valence-electron chi connectivity index (χ2n) is 5.28. The molecule has 3 rings (SSSR count). The molecule has 1 unspecified atom stereocenters. The topological polar surface area (TPSA) is 59.1 Å². The zero-order valence-corrected chi connectivity index (χ0v) is 14.1. The van der Waals surface area contributed by atoms with Gasteiger partial charge >= 0.3 is 0 Å². The van der Waals surface area contributed by atoms with Gasteiger partial charge in [-0.25, -0.2) is 9.37 Å². The molecular formula is C15H16BrFN4O. The van der Waals surface area contributed by atoms with Gasteiger partial charge < -0.3 is 15.4 Å². The van der Waals surface area contributed by atoms with Gasteiger partial charge in [-0.15, -0.1) is 0 Å².